The molecule has 1 aromatic carbocycles. The molecule has 2 rings (SSSR count). The van der Waals surface area contributed by atoms with E-state index in [0.717, 1.165) is 40.6 Å². The molecule has 118 valence electrons. The van der Waals surface area contributed by atoms with Crippen LogP contribution < -0.4 is 10.6 Å². The van der Waals surface area contributed by atoms with Gasteiger partial charge >= 0.3 is 0 Å². The molecule has 0 aliphatic rings. The standard InChI is InChI=1S/C17H23BrN4/c1-11(2)7-8-19-16-10-17(21-13(4)20-16)22-15-6-5-12(3)9-14(15)18/h5-6,9-11H,7-8H2,1-4H3,(H2,19,20,21,22). The monoisotopic (exact) mass is 362 g/mol. The van der Waals surface area contributed by atoms with Crippen LogP contribution in [0.15, 0.2) is 28.7 Å². The van der Waals surface area contributed by atoms with Gasteiger partial charge in [-0.05, 0) is 59.8 Å². The number of benzene rings is 1. The van der Waals surface area contributed by atoms with Crippen molar-refractivity contribution in [3.63, 3.8) is 0 Å². The first kappa shape index (κ1) is 16.7. The maximum absolute atomic E-state index is 4.45. The van der Waals surface area contributed by atoms with Gasteiger partial charge < -0.3 is 10.6 Å². The van der Waals surface area contributed by atoms with E-state index in [1.54, 1.807) is 0 Å². The van der Waals surface area contributed by atoms with Crippen molar-refractivity contribution < 1.29 is 0 Å². The van der Waals surface area contributed by atoms with Crippen LogP contribution >= 0.6 is 15.9 Å². The maximum Gasteiger partial charge on any atom is 0.136 e. The Bertz CT molecular complexity index is 641. The van der Waals surface area contributed by atoms with Crippen molar-refractivity contribution in [1.29, 1.82) is 0 Å². The molecule has 1 heterocycles. The number of hydrogen-bond acceptors (Lipinski definition) is 4. The van der Waals surface area contributed by atoms with E-state index in [9.17, 15) is 0 Å². The molecule has 0 atom stereocenters. The largest absolute Gasteiger partial charge is 0.370 e. The molecule has 22 heavy (non-hydrogen) atoms. The van der Waals surface area contributed by atoms with E-state index in [1.807, 2.05) is 19.1 Å². The van der Waals surface area contributed by atoms with Gasteiger partial charge in [-0.3, -0.25) is 0 Å². The van der Waals surface area contributed by atoms with Gasteiger partial charge in [0.15, 0.2) is 0 Å². The van der Waals surface area contributed by atoms with Gasteiger partial charge in [0.1, 0.15) is 17.5 Å². The van der Waals surface area contributed by atoms with E-state index in [1.165, 1.54) is 5.56 Å². The molecule has 2 N–H and O–H groups in total. The number of halogens is 1. The van der Waals surface area contributed by atoms with Gasteiger partial charge in [-0.2, -0.15) is 0 Å². The molecular weight excluding hydrogens is 340 g/mol. The predicted molar refractivity (Wildman–Crippen MR) is 96.9 cm³/mol. The highest BCUT2D eigenvalue weighted by molar-refractivity contribution is 9.10. The summed E-state index contributed by atoms with van der Waals surface area (Å²) in [6, 6.07) is 8.14. The third-order valence-electron chi connectivity index (χ3n) is 3.25. The second-order valence-electron chi connectivity index (χ2n) is 5.90. The fraction of sp³-hybridized carbons (Fsp3) is 0.412. The van der Waals surface area contributed by atoms with Crippen LogP contribution in [0.3, 0.4) is 0 Å². The summed E-state index contributed by atoms with van der Waals surface area (Å²) in [6.45, 7) is 9.33. The Hall–Kier alpha value is -1.62. The van der Waals surface area contributed by atoms with Crippen molar-refractivity contribution in [3.8, 4) is 0 Å². The minimum atomic E-state index is 0.677. The maximum atomic E-state index is 4.45. The highest BCUT2D eigenvalue weighted by Crippen LogP contribution is 2.26. The zero-order chi connectivity index (χ0) is 16.1. The van der Waals surface area contributed by atoms with Crippen molar-refractivity contribution in [1.82, 2.24) is 9.97 Å². The Morgan fingerprint density at radius 3 is 2.50 bits per heavy atom. The molecule has 4 nitrogen and oxygen atoms in total. The van der Waals surface area contributed by atoms with Gasteiger partial charge in [0.2, 0.25) is 0 Å². The summed E-state index contributed by atoms with van der Waals surface area (Å²) in [5, 5.41) is 6.71. The van der Waals surface area contributed by atoms with E-state index in [0.29, 0.717) is 5.92 Å². The molecule has 2 aromatic rings. The SMILES string of the molecule is Cc1ccc(Nc2cc(NCCC(C)C)nc(C)n2)c(Br)c1. The first-order valence-electron chi connectivity index (χ1n) is 7.57. The molecule has 0 amide bonds. The lowest BCUT2D eigenvalue weighted by molar-refractivity contribution is 0.606. The fourth-order valence-corrected chi connectivity index (χ4v) is 2.66. The second kappa shape index (κ2) is 7.58. The van der Waals surface area contributed by atoms with Gasteiger partial charge in [-0.25, -0.2) is 9.97 Å². The molecular formula is C17H23BrN4. The lowest BCUT2D eigenvalue weighted by atomic mass is 10.1. The minimum absolute atomic E-state index is 0.677. The van der Waals surface area contributed by atoms with E-state index >= 15 is 0 Å². The molecule has 0 spiro atoms. The number of aryl methyl sites for hydroxylation is 2. The topological polar surface area (TPSA) is 49.8 Å². The van der Waals surface area contributed by atoms with Gasteiger partial charge in [-0.1, -0.05) is 19.9 Å². The van der Waals surface area contributed by atoms with E-state index in [2.05, 4.69) is 69.4 Å². The Morgan fingerprint density at radius 1 is 1.09 bits per heavy atom. The molecule has 0 fully saturated rings. The molecule has 0 radical (unpaired) electrons. The average Bonchev–Trinajstić information content (AvgIpc) is 2.41. The summed E-state index contributed by atoms with van der Waals surface area (Å²) in [4.78, 5) is 8.89. The minimum Gasteiger partial charge on any atom is -0.370 e. The number of nitrogens with zero attached hydrogens (tertiary/aromatic N) is 2. The van der Waals surface area contributed by atoms with Crippen LogP contribution in [0.4, 0.5) is 17.3 Å². The van der Waals surface area contributed by atoms with Crippen LogP contribution in [-0.2, 0) is 0 Å². The quantitative estimate of drug-likeness (QED) is 0.753. The van der Waals surface area contributed by atoms with E-state index in [-0.39, 0.29) is 0 Å². The van der Waals surface area contributed by atoms with Crippen molar-refractivity contribution in [2.24, 2.45) is 5.92 Å². The summed E-state index contributed by atoms with van der Waals surface area (Å²) >= 11 is 3.58. The number of aromatic nitrogens is 2. The highest BCUT2D eigenvalue weighted by atomic mass is 79.9. The van der Waals surface area contributed by atoms with Crippen molar-refractivity contribution >= 4 is 33.3 Å². The van der Waals surface area contributed by atoms with Gasteiger partial charge in [0.05, 0.1) is 5.69 Å². The van der Waals surface area contributed by atoms with Gasteiger partial charge in [0, 0.05) is 17.1 Å². The van der Waals surface area contributed by atoms with Crippen LogP contribution in [0.25, 0.3) is 0 Å². The Morgan fingerprint density at radius 2 is 1.82 bits per heavy atom. The van der Waals surface area contributed by atoms with Gasteiger partial charge in [0.25, 0.3) is 0 Å². The summed E-state index contributed by atoms with van der Waals surface area (Å²) < 4.78 is 1.03. The molecule has 1 aromatic heterocycles. The summed E-state index contributed by atoms with van der Waals surface area (Å²) in [6.07, 6.45) is 1.12. The molecule has 5 heteroatoms. The first-order valence-corrected chi connectivity index (χ1v) is 8.36. The normalized spacial score (nSPS) is 10.8. The molecule has 0 aliphatic heterocycles. The van der Waals surface area contributed by atoms with Crippen LogP contribution in [-0.4, -0.2) is 16.5 Å². The summed E-state index contributed by atoms with van der Waals surface area (Å²) in [5.41, 5.74) is 2.21. The zero-order valence-corrected chi connectivity index (χ0v) is 15.2. The second-order valence-corrected chi connectivity index (χ2v) is 6.76. The van der Waals surface area contributed by atoms with Crippen molar-refractivity contribution in [3.05, 3.63) is 40.1 Å². The predicted octanol–water partition coefficient (Wildman–Crippen LogP) is 5.06. The molecule has 0 saturated heterocycles. The smallest absolute Gasteiger partial charge is 0.136 e. The number of hydrogen-bond donors (Lipinski definition) is 2. The average molecular weight is 363 g/mol. The van der Waals surface area contributed by atoms with Crippen molar-refractivity contribution in [2.45, 2.75) is 34.1 Å². The summed E-state index contributed by atoms with van der Waals surface area (Å²) in [7, 11) is 0. The number of nitrogens with one attached hydrogen (secondary N) is 2. The van der Waals surface area contributed by atoms with Crippen LogP contribution in [0, 0.1) is 19.8 Å². The first-order chi connectivity index (χ1) is 10.4. The fourth-order valence-electron chi connectivity index (χ4n) is 2.07. The van der Waals surface area contributed by atoms with Crippen LogP contribution in [0.2, 0.25) is 0 Å². The zero-order valence-electron chi connectivity index (χ0n) is 13.6. The van der Waals surface area contributed by atoms with Crippen molar-refractivity contribution in [2.75, 3.05) is 17.2 Å². The molecule has 0 bridgehead atoms. The lowest BCUT2D eigenvalue weighted by Gasteiger charge is -2.12. The van der Waals surface area contributed by atoms with E-state index < -0.39 is 0 Å². The number of rotatable bonds is 6. The molecule has 0 saturated carbocycles. The van der Waals surface area contributed by atoms with Crippen LogP contribution in [0.5, 0.6) is 0 Å². The third kappa shape index (κ3) is 4.98. The lowest BCUT2D eigenvalue weighted by Crippen LogP contribution is -2.08. The Kier molecular flexibility index (Phi) is 5.77. The van der Waals surface area contributed by atoms with E-state index in [4.69, 9.17) is 0 Å². The highest BCUT2D eigenvalue weighted by Gasteiger charge is 2.05. The molecule has 0 aliphatic carbocycles. The van der Waals surface area contributed by atoms with Gasteiger partial charge in [-0.15, -0.1) is 0 Å². The summed E-state index contributed by atoms with van der Waals surface area (Å²) in [5.74, 6) is 3.08. The number of anilines is 3. The molecule has 0 unspecified atom stereocenters. The third-order valence-corrected chi connectivity index (χ3v) is 3.91. The van der Waals surface area contributed by atoms with Crippen LogP contribution in [0.1, 0.15) is 31.7 Å². The Balaban J connectivity index is 2.12. The Labute approximate surface area is 140 Å².